The molecule has 0 fully saturated rings. The Balaban J connectivity index is 1.91. The van der Waals surface area contributed by atoms with E-state index in [0.29, 0.717) is 17.5 Å². The lowest BCUT2D eigenvalue weighted by Gasteiger charge is -2.09. The molecule has 25 heavy (non-hydrogen) atoms. The standard InChI is InChI=1S/C17H14F3NO4/c1-24-14-7-5-13(6-8-14)21-15(22)10-25-16(23)11-3-2-4-12(9-11)17(18,19)20/h2-9H,10H2,1H3,(H,21,22). The first-order chi connectivity index (χ1) is 11.8. The second-order valence-corrected chi connectivity index (χ2v) is 4.93. The number of carbonyl (C=O) groups is 2. The number of hydrogen-bond acceptors (Lipinski definition) is 4. The lowest BCUT2D eigenvalue weighted by atomic mass is 10.1. The zero-order chi connectivity index (χ0) is 18.4. The summed E-state index contributed by atoms with van der Waals surface area (Å²) in [6.07, 6.45) is -4.57. The predicted octanol–water partition coefficient (Wildman–Crippen LogP) is 3.51. The Labute approximate surface area is 141 Å². The molecule has 132 valence electrons. The van der Waals surface area contributed by atoms with Gasteiger partial charge in [-0.2, -0.15) is 13.2 Å². The van der Waals surface area contributed by atoms with Crippen molar-refractivity contribution in [3.63, 3.8) is 0 Å². The molecule has 2 aromatic carbocycles. The van der Waals surface area contributed by atoms with Crippen LogP contribution in [-0.2, 0) is 15.7 Å². The maximum Gasteiger partial charge on any atom is 0.416 e. The number of methoxy groups -OCH3 is 1. The van der Waals surface area contributed by atoms with E-state index in [1.54, 1.807) is 24.3 Å². The highest BCUT2D eigenvalue weighted by atomic mass is 19.4. The van der Waals surface area contributed by atoms with Crippen molar-refractivity contribution >= 4 is 17.6 Å². The van der Waals surface area contributed by atoms with Crippen molar-refractivity contribution in [2.75, 3.05) is 19.0 Å². The maximum atomic E-state index is 12.6. The molecular weight excluding hydrogens is 339 g/mol. The van der Waals surface area contributed by atoms with Crippen LogP contribution in [0.1, 0.15) is 15.9 Å². The number of carbonyl (C=O) groups excluding carboxylic acids is 2. The summed E-state index contributed by atoms with van der Waals surface area (Å²) < 4.78 is 47.6. The molecular formula is C17H14F3NO4. The predicted molar refractivity (Wildman–Crippen MR) is 83.4 cm³/mol. The molecule has 5 nitrogen and oxygen atoms in total. The van der Waals surface area contributed by atoms with Crippen LogP contribution in [-0.4, -0.2) is 25.6 Å². The van der Waals surface area contributed by atoms with Crippen LogP contribution in [0.2, 0.25) is 0 Å². The molecule has 1 N–H and O–H groups in total. The minimum atomic E-state index is -4.57. The Morgan fingerprint density at radius 2 is 1.76 bits per heavy atom. The third-order valence-electron chi connectivity index (χ3n) is 3.13. The Morgan fingerprint density at radius 3 is 2.36 bits per heavy atom. The number of alkyl halides is 3. The summed E-state index contributed by atoms with van der Waals surface area (Å²) in [6.45, 7) is -0.624. The van der Waals surface area contributed by atoms with Crippen molar-refractivity contribution in [3.05, 3.63) is 59.7 Å². The highest BCUT2D eigenvalue weighted by Gasteiger charge is 2.31. The molecule has 0 atom stereocenters. The second kappa shape index (κ2) is 7.69. The molecule has 0 bridgehead atoms. The van der Waals surface area contributed by atoms with Gasteiger partial charge in [-0.25, -0.2) is 4.79 Å². The fourth-order valence-corrected chi connectivity index (χ4v) is 1.91. The molecule has 0 saturated carbocycles. The van der Waals surface area contributed by atoms with Crippen molar-refractivity contribution in [2.24, 2.45) is 0 Å². The van der Waals surface area contributed by atoms with E-state index in [2.05, 4.69) is 5.32 Å². The molecule has 2 rings (SSSR count). The van der Waals surface area contributed by atoms with Crippen LogP contribution in [0.25, 0.3) is 0 Å². The second-order valence-electron chi connectivity index (χ2n) is 4.93. The monoisotopic (exact) mass is 353 g/mol. The normalized spacial score (nSPS) is 10.9. The molecule has 0 radical (unpaired) electrons. The van der Waals surface area contributed by atoms with Crippen LogP contribution in [0.4, 0.5) is 18.9 Å². The van der Waals surface area contributed by atoms with E-state index < -0.39 is 30.2 Å². The maximum absolute atomic E-state index is 12.6. The molecule has 0 aromatic heterocycles. The summed E-state index contributed by atoms with van der Waals surface area (Å²) in [5, 5.41) is 2.48. The molecule has 0 saturated heterocycles. The van der Waals surface area contributed by atoms with Crippen LogP contribution >= 0.6 is 0 Å². The molecule has 0 unspecified atom stereocenters. The summed E-state index contributed by atoms with van der Waals surface area (Å²) in [5.41, 5.74) is -0.794. The Hall–Kier alpha value is -3.03. The van der Waals surface area contributed by atoms with Gasteiger partial charge in [0.2, 0.25) is 0 Å². The highest BCUT2D eigenvalue weighted by Crippen LogP contribution is 2.29. The number of hydrogen-bond donors (Lipinski definition) is 1. The van der Waals surface area contributed by atoms with Gasteiger partial charge < -0.3 is 14.8 Å². The highest BCUT2D eigenvalue weighted by molar-refractivity contribution is 5.95. The first-order valence-corrected chi connectivity index (χ1v) is 7.08. The zero-order valence-electron chi connectivity index (χ0n) is 13.1. The number of anilines is 1. The van der Waals surface area contributed by atoms with Gasteiger partial charge in [-0.3, -0.25) is 4.79 Å². The van der Waals surface area contributed by atoms with Crippen molar-refractivity contribution in [1.82, 2.24) is 0 Å². The average molecular weight is 353 g/mol. The van der Waals surface area contributed by atoms with Gasteiger partial charge in [0.15, 0.2) is 6.61 Å². The largest absolute Gasteiger partial charge is 0.497 e. The summed E-state index contributed by atoms with van der Waals surface area (Å²) >= 11 is 0. The van der Waals surface area contributed by atoms with Crippen LogP contribution in [0.5, 0.6) is 5.75 Å². The van der Waals surface area contributed by atoms with Crippen LogP contribution in [0, 0.1) is 0 Å². The van der Waals surface area contributed by atoms with E-state index in [0.717, 1.165) is 12.1 Å². The molecule has 0 spiro atoms. The van der Waals surface area contributed by atoms with Gasteiger partial charge in [-0.15, -0.1) is 0 Å². The smallest absolute Gasteiger partial charge is 0.416 e. The van der Waals surface area contributed by atoms with E-state index in [4.69, 9.17) is 9.47 Å². The van der Waals surface area contributed by atoms with Gasteiger partial charge in [0.25, 0.3) is 5.91 Å². The first-order valence-electron chi connectivity index (χ1n) is 7.08. The Bertz CT molecular complexity index is 757. The van der Waals surface area contributed by atoms with Crippen molar-refractivity contribution < 1.29 is 32.2 Å². The van der Waals surface area contributed by atoms with Gasteiger partial charge >= 0.3 is 12.1 Å². The third kappa shape index (κ3) is 5.23. The molecule has 0 aliphatic carbocycles. The Kier molecular flexibility index (Phi) is 5.63. The van der Waals surface area contributed by atoms with Gasteiger partial charge in [0, 0.05) is 5.69 Å². The number of ether oxygens (including phenoxy) is 2. The number of amides is 1. The number of nitrogens with one attached hydrogen (secondary N) is 1. The van der Waals surface area contributed by atoms with Crippen LogP contribution < -0.4 is 10.1 Å². The molecule has 0 aliphatic heterocycles. The summed E-state index contributed by atoms with van der Waals surface area (Å²) in [7, 11) is 1.50. The fourth-order valence-electron chi connectivity index (χ4n) is 1.91. The van der Waals surface area contributed by atoms with E-state index in [-0.39, 0.29) is 5.56 Å². The van der Waals surface area contributed by atoms with E-state index >= 15 is 0 Å². The number of benzene rings is 2. The van der Waals surface area contributed by atoms with Gasteiger partial charge in [-0.1, -0.05) is 6.07 Å². The van der Waals surface area contributed by atoms with E-state index in [1.807, 2.05) is 0 Å². The zero-order valence-corrected chi connectivity index (χ0v) is 13.1. The van der Waals surface area contributed by atoms with Gasteiger partial charge in [0.1, 0.15) is 5.75 Å². The average Bonchev–Trinajstić information content (AvgIpc) is 2.59. The van der Waals surface area contributed by atoms with Crippen molar-refractivity contribution in [3.8, 4) is 5.75 Å². The minimum Gasteiger partial charge on any atom is -0.497 e. The number of esters is 1. The van der Waals surface area contributed by atoms with Crippen LogP contribution in [0.3, 0.4) is 0 Å². The molecule has 2 aromatic rings. The Morgan fingerprint density at radius 1 is 1.08 bits per heavy atom. The lowest BCUT2D eigenvalue weighted by molar-refractivity contribution is -0.137. The molecule has 0 aliphatic rings. The SMILES string of the molecule is COc1ccc(NC(=O)COC(=O)c2cccc(C(F)(F)F)c2)cc1. The summed E-state index contributed by atoms with van der Waals surface area (Å²) in [6, 6.07) is 10.2. The number of halogens is 3. The molecule has 0 heterocycles. The minimum absolute atomic E-state index is 0.285. The van der Waals surface area contributed by atoms with Crippen molar-refractivity contribution in [1.29, 1.82) is 0 Å². The third-order valence-corrected chi connectivity index (χ3v) is 3.13. The molecule has 8 heteroatoms. The topological polar surface area (TPSA) is 64.6 Å². The summed E-state index contributed by atoms with van der Waals surface area (Å²) in [4.78, 5) is 23.5. The van der Waals surface area contributed by atoms with Crippen LogP contribution in [0.15, 0.2) is 48.5 Å². The first kappa shape index (κ1) is 18.3. The van der Waals surface area contributed by atoms with Gasteiger partial charge in [0.05, 0.1) is 18.2 Å². The molecule has 1 amide bonds. The quantitative estimate of drug-likeness (QED) is 0.836. The fraction of sp³-hybridized carbons (Fsp3) is 0.176. The lowest BCUT2D eigenvalue weighted by Crippen LogP contribution is -2.21. The summed E-state index contributed by atoms with van der Waals surface area (Å²) in [5.74, 6) is -1.03. The van der Waals surface area contributed by atoms with E-state index in [9.17, 15) is 22.8 Å². The number of rotatable bonds is 5. The van der Waals surface area contributed by atoms with Gasteiger partial charge in [-0.05, 0) is 42.5 Å². The van der Waals surface area contributed by atoms with E-state index in [1.165, 1.54) is 13.2 Å². The van der Waals surface area contributed by atoms with Crippen molar-refractivity contribution in [2.45, 2.75) is 6.18 Å².